The molecule has 25 heavy (non-hydrogen) atoms. The highest BCUT2D eigenvalue weighted by molar-refractivity contribution is 6.43. The predicted octanol–water partition coefficient (Wildman–Crippen LogP) is 1.23. The van der Waals surface area contributed by atoms with Gasteiger partial charge in [-0.2, -0.15) is 0 Å². The van der Waals surface area contributed by atoms with Crippen LogP contribution in [0.15, 0.2) is 54.6 Å². The normalized spacial score (nSPS) is 18.2. The lowest BCUT2D eigenvalue weighted by molar-refractivity contribution is -0.132. The first kappa shape index (κ1) is 17.7. The summed E-state index contributed by atoms with van der Waals surface area (Å²) < 4.78 is 0. The molecule has 3 rings (SSSR count). The minimum Gasteiger partial charge on any atom is -0.426 e. The lowest BCUT2D eigenvalue weighted by atomic mass is 9.77. The van der Waals surface area contributed by atoms with Crippen molar-refractivity contribution in [2.75, 3.05) is 6.54 Å². The molecule has 0 saturated carbocycles. The molecule has 1 heterocycles. The second-order valence-electron chi connectivity index (χ2n) is 6.53. The smallest absolute Gasteiger partial charge is 0.426 e. The number of hydrogen-bond donors (Lipinski definition) is 3. The lowest BCUT2D eigenvalue weighted by Crippen LogP contribution is -2.51. The Labute approximate surface area is 148 Å². The summed E-state index contributed by atoms with van der Waals surface area (Å²) in [5.41, 5.74) is 9.34. The summed E-state index contributed by atoms with van der Waals surface area (Å²) in [6, 6.07) is 17.4. The molecule has 1 fully saturated rings. The van der Waals surface area contributed by atoms with Crippen molar-refractivity contribution in [3.05, 3.63) is 60.2 Å². The van der Waals surface area contributed by atoms with Crippen molar-refractivity contribution >= 4 is 13.0 Å². The Kier molecular flexibility index (Phi) is 5.53. The van der Waals surface area contributed by atoms with E-state index in [9.17, 15) is 14.8 Å². The second-order valence-corrected chi connectivity index (χ2v) is 6.53. The standard InChI is InChI=1S/C19H23BN2O3/c21-17(19(23)22-12-4-7-18(22)20(24)25)13-14-8-10-16(11-9-14)15-5-2-1-3-6-15/h1-3,5-6,8-11,17-18,24-25H,4,7,12-13,21H2/t17-,18-/m0/s1. The van der Waals surface area contributed by atoms with E-state index in [-0.39, 0.29) is 5.91 Å². The van der Waals surface area contributed by atoms with Gasteiger partial charge in [-0.3, -0.25) is 4.79 Å². The molecule has 1 amide bonds. The molecule has 0 aromatic heterocycles. The minimum atomic E-state index is -1.51. The summed E-state index contributed by atoms with van der Waals surface area (Å²) in [5.74, 6) is -0.762. The van der Waals surface area contributed by atoms with Crippen LogP contribution < -0.4 is 5.73 Å². The Morgan fingerprint density at radius 2 is 1.76 bits per heavy atom. The summed E-state index contributed by atoms with van der Waals surface area (Å²) in [4.78, 5) is 14.0. The molecule has 0 unspecified atom stereocenters. The number of nitrogens with zero attached hydrogens (tertiary/aromatic N) is 1. The fourth-order valence-corrected chi connectivity index (χ4v) is 3.39. The predicted molar refractivity (Wildman–Crippen MR) is 98.5 cm³/mol. The van der Waals surface area contributed by atoms with E-state index >= 15 is 0 Å². The number of likely N-dealkylation sites (tertiary alicyclic amines) is 1. The molecule has 0 bridgehead atoms. The molecule has 0 aliphatic carbocycles. The van der Waals surface area contributed by atoms with Crippen LogP contribution in [-0.2, 0) is 11.2 Å². The van der Waals surface area contributed by atoms with Gasteiger partial charge in [0.2, 0.25) is 5.91 Å². The third kappa shape index (κ3) is 4.10. The zero-order valence-electron chi connectivity index (χ0n) is 14.1. The summed E-state index contributed by atoms with van der Waals surface area (Å²) in [5, 5.41) is 18.8. The van der Waals surface area contributed by atoms with E-state index in [2.05, 4.69) is 12.1 Å². The van der Waals surface area contributed by atoms with E-state index in [0.717, 1.165) is 23.1 Å². The maximum Gasteiger partial charge on any atom is 0.475 e. The third-order valence-electron chi connectivity index (χ3n) is 4.76. The molecule has 6 heteroatoms. The molecule has 5 nitrogen and oxygen atoms in total. The van der Waals surface area contributed by atoms with Gasteiger partial charge < -0.3 is 20.7 Å². The number of carbonyl (C=O) groups excluding carboxylic acids is 1. The summed E-state index contributed by atoms with van der Waals surface area (Å²) >= 11 is 0. The number of benzene rings is 2. The third-order valence-corrected chi connectivity index (χ3v) is 4.76. The van der Waals surface area contributed by atoms with Crippen molar-refractivity contribution in [3.8, 4) is 11.1 Å². The van der Waals surface area contributed by atoms with Gasteiger partial charge in [-0.1, -0.05) is 54.6 Å². The second kappa shape index (κ2) is 7.82. The fourth-order valence-electron chi connectivity index (χ4n) is 3.39. The monoisotopic (exact) mass is 338 g/mol. The van der Waals surface area contributed by atoms with Crippen LogP contribution in [0.2, 0.25) is 0 Å². The average Bonchev–Trinajstić information content (AvgIpc) is 3.12. The van der Waals surface area contributed by atoms with Gasteiger partial charge >= 0.3 is 7.12 Å². The molecule has 1 saturated heterocycles. The summed E-state index contributed by atoms with van der Waals surface area (Å²) in [6.45, 7) is 0.530. The van der Waals surface area contributed by atoms with Crippen LogP contribution >= 0.6 is 0 Å². The highest BCUT2D eigenvalue weighted by atomic mass is 16.4. The van der Waals surface area contributed by atoms with Gasteiger partial charge in [0.25, 0.3) is 0 Å². The first-order valence-corrected chi connectivity index (χ1v) is 8.63. The SMILES string of the molecule is N[C@@H](Cc1ccc(-c2ccccc2)cc1)C(=O)N1CCC[C@H]1B(O)O. The molecular weight excluding hydrogens is 315 g/mol. The number of hydrogen-bond acceptors (Lipinski definition) is 4. The first-order chi connectivity index (χ1) is 12.1. The van der Waals surface area contributed by atoms with Crippen molar-refractivity contribution < 1.29 is 14.8 Å². The van der Waals surface area contributed by atoms with Crippen molar-refractivity contribution in [2.24, 2.45) is 5.73 Å². The number of rotatable bonds is 5. The summed E-state index contributed by atoms with van der Waals surface area (Å²) in [7, 11) is -1.51. The first-order valence-electron chi connectivity index (χ1n) is 8.63. The molecule has 4 N–H and O–H groups in total. The van der Waals surface area contributed by atoms with Crippen LogP contribution in [0, 0.1) is 0 Å². The topological polar surface area (TPSA) is 86.8 Å². The molecule has 2 atom stereocenters. The number of carbonyl (C=O) groups is 1. The molecule has 1 aliphatic rings. The van der Waals surface area contributed by atoms with E-state index in [1.165, 1.54) is 4.90 Å². The van der Waals surface area contributed by atoms with Crippen molar-refractivity contribution in [1.29, 1.82) is 0 Å². The van der Waals surface area contributed by atoms with E-state index in [1.54, 1.807) is 0 Å². The highest BCUT2D eigenvalue weighted by Crippen LogP contribution is 2.21. The van der Waals surface area contributed by atoms with Crippen LogP contribution in [0.5, 0.6) is 0 Å². The highest BCUT2D eigenvalue weighted by Gasteiger charge is 2.38. The van der Waals surface area contributed by atoms with Crippen LogP contribution in [0.1, 0.15) is 18.4 Å². The quantitative estimate of drug-likeness (QED) is 0.716. The Hall–Kier alpha value is -2.15. The molecule has 2 aromatic rings. The van der Waals surface area contributed by atoms with Gasteiger partial charge in [0.05, 0.1) is 12.0 Å². The van der Waals surface area contributed by atoms with Gasteiger partial charge in [0.15, 0.2) is 0 Å². The fraction of sp³-hybridized carbons (Fsp3) is 0.316. The number of nitrogens with two attached hydrogens (primary N) is 1. The Balaban J connectivity index is 1.64. The molecular formula is C19H23BN2O3. The van der Waals surface area contributed by atoms with E-state index in [4.69, 9.17) is 5.73 Å². The van der Waals surface area contributed by atoms with Crippen molar-refractivity contribution in [2.45, 2.75) is 31.2 Å². The van der Waals surface area contributed by atoms with Gasteiger partial charge in [-0.25, -0.2) is 0 Å². The Morgan fingerprint density at radius 3 is 2.40 bits per heavy atom. The van der Waals surface area contributed by atoms with Gasteiger partial charge in [0.1, 0.15) is 0 Å². The zero-order valence-corrected chi connectivity index (χ0v) is 14.1. The molecule has 0 spiro atoms. The molecule has 1 aliphatic heterocycles. The van der Waals surface area contributed by atoms with Gasteiger partial charge in [0, 0.05) is 6.54 Å². The van der Waals surface area contributed by atoms with E-state index < -0.39 is 19.1 Å². The summed E-state index contributed by atoms with van der Waals surface area (Å²) in [6.07, 6.45) is 1.80. The molecule has 0 radical (unpaired) electrons. The lowest BCUT2D eigenvalue weighted by Gasteiger charge is -2.27. The van der Waals surface area contributed by atoms with Crippen LogP contribution in [0.4, 0.5) is 0 Å². The van der Waals surface area contributed by atoms with E-state index in [1.807, 2.05) is 42.5 Å². The molecule has 2 aromatic carbocycles. The maximum atomic E-state index is 12.5. The average molecular weight is 338 g/mol. The van der Waals surface area contributed by atoms with Crippen molar-refractivity contribution in [3.63, 3.8) is 0 Å². The molecule has 130 valence electrons. The van der Waals surface area contributed by atoms with Gasteiger partial charge in [-0.05, 0) is 36.0 Å². The maximum absolute atomic E-state index is 12.5. The Bertz CT molecular complexity index is 706. The number of amides is 1. The van der Waals surface area contributed by atoms with Crippen molar-refractivity contribution in [1.82, 2.24) is 4.90 Å². The van der Waals surface area contributed by atoms with Gasteiger partial charge in [-0.15, -0.1) is 0 Å². The van der Waals surface area contributed by atoms with E-state index in [0.29, 0.717) is 19.4 Å². The largest absolute Gasteiger partial charge is 0.475 e. The zero-order chi connectivity index (χ0) is 17.8. The van der Waals surface area contributed by atoms with Crippen LogP contribution in [0.3, 0.4) is 0 Å². The Morgan fingerprint density at radius 1 is 1.12 bits per heavy atom. The van der Waals surface area contributed by atoms with Crippen LogP contribution in [-0.4, -0.2) is 46.5 Å². The van der Waals surface area contributed by atoms with Crippen LogP contribution in [0.25, 0.3) is 11.1 Å². The minimum absolute atomic E-state index is 0.220.